The van der Waals surface area contributed by atoms with Gasteiger partial charge in [-0.25, -0.2) is 9.97 Å². The van der Waals surface area contributed by atoms with E-state index in [0.29, 0.717) is 12.2 Å². The first kappa shape index (κ1) is 10.2. The number of carbonyl (C=O) groups is 1. The molecule has 0 saturated carbocycles. The molecule has 3 aromatic heterocycles. The number of Topliss-reactive ketones (excluding diaryl/α,β-unsaturated/α-hetero) is 1. The van der Waals surface area contributed by atoms with Gasteiger partial charge in [0.05, 0.1) is 12.1 Å². The highest BCUT2D eigenvalue weighted by Crippen LogP contribution is 2.12. The molecule has 6 heteroatoms. The fourth-order valence-corrected chi connectivity index (χ4v) is 2.46. The quantitative estimate of drug-likeness (QED) is 0.659. The molecule has 0 fully saturated rings. The number of aromatic nitrogens is 4. The molecule has 86 valence electrons. The molecule has 17 heavy (non-hydrogen) atoms. The number of fused-ring (bicyclic) bond motifs is 1. The molecule has 0 unspecified atom stereocenters. The summed E-state index contributed by atoms with van der Waals surface area (Å²) in [5.41, 5.74) is 0.782. The van der Waals surface area contributed by atoms with Crippen molar-refractivity contribution >= 4 is 22.1 Å². The van der Waals surface area contributed by atoms with Crippen LogP contribution in [0.3, 0.4) is 0 Å². The number of aryl methyl sites for hydroxylation is 1. The zero-order valence-electron chi connectivity index (χ0n) is 9.20. The molecule has 0 radical (unpaired) electrons. The largest absolute Gasteiger partial charge is 0.332 e. The summed E-state index contributed by atoms with van der Waals surface area (Å²) >= 11 is 1.56. The number of ketones is 1. The van der Waals surface area contributed by atoms with Crippen LogP contribution in [0.2, 0.25) is 0 Å². The predicted molar refractivity (Wildman–Crippen MR) is 64.3 cm³/mol. The number of rotatable bonds is 3. The Morgan fingerprint density at radius 3 is 3.06 bits per heavy atom. The highest BCUT2D eigenvalue weighted by Gasteiger charge is 2.13. The molecule has 0 amide bonds. The summed E-state index contributed by atoms with van der Waals surface area (Å²) in [5.74, 6) is 0.463. The third-order valence-electron chi connectivity index (χ3n) is 2.56. The zero-order valence-corrected chi connectivity index (χ0v) is 10.0. The zero-order chi connectivity index (χ0) is 11.8. The molecule has 3 rings (SSSR count). The lowest BCUT2D eigenvalue weighted by atomic mass is 10.2. The van der Waals surface area contributed by atoms with Crippen molar-refractivity contribution in [3.8, 4) is 0 Å². The Hall–Kier alpha value is -1.95. The predicted octanol–water partition coefficient (Wildman–Crippen LogP) is 1.55. The number of nitrogens with zero attached hydrogens (tertiary/aromatic N) is 4. The first-order valence-corrected chi connectivity index (χ1v) is 6.03. The minimum Gasteiger partial charge on any atom is -0.332 e. The summed E-state index contributed by atoms with van der Waals surface area (Å²) in [6.07, 6.45) is 7.49. The van der Waals surface area contributed by atoms with Crippen molar-refractivity contribution in [1.82, 2.24) is 18.9 Å². The lowest BCUT2D eigenvalue weighted by Crippen LogP contribution is -2.10. The number of thiazole rings is 1. The maximum Gasteiger partial charge on any atom is 0.204 e. The van der Waals surface area contributed by atoms with Crippen LogP contribution in [0.25, 0.3) is 4.96 Å². The van der Waals surface area contributed by atoms with Crippen LogP contribution >= 0.6 is 11.3 Å². The van der Waals surface area contributed by atoms with Crippen LogP contribution in [0.15, 0.2) is 30.2 Å². The van der Waals surface area contributed by atoms with Crippen molar-refractivity contribution in [1.29, 1.82) is 0 Å². The highest BCUT2D eigenvalue weighted by atomic mass is 32.1. The molecular formula is C11H10N4OS. The number of carbonyl (C=O) groups excluding carboxylic acids is 1. The van der Waals surface area contributed by atoms with Gasteiger partial charge < -0.3 is 4.57 Å². The van der Waals surface area contributed by atoms with Crippen LogP contribution in [-0.2, 0) is 13.5 Å². The van der Waals surface area contributed by atoms with E-state index < -0.39 is 0 Å². The maximum absolute atomic E-state index is 12.0. The Morgan fingerprint density at radius 2 is 2.35 bits per heavy atom. The van der Waals surface area contributed by atoms with Gasteiger partial charge in [-0.2, -0.15) is 0 Å². The number of hydrogen-bond acceptors (Lipinski definition) is 4. The molecule has 0 atom stereocenters. The van der Waals surface area contributed by atoms with E-state index in [2.05, 4.69) is 9.97 Å². The van der Waals surface area contributed by atoms with Gasteiger partial charge in [-0.05, 0) is 0 Å². The van der Waals surface area contributed by atoms with Gasteiger partial charge in [0.1, 0.15) is 0 Å². The molecule has 0 aromatic carbocycles. The van der Waals surface area contributed by atoms with E-state index in [-0.39, 0.29) is 5.78 Å². The van der Waals surface area contributed by atoms with Gasteiger partial charge in [-0.1, -0.05) is 0 Å². The Kier molecular flexibility index (Phi) is 2.29. The Balaban J connectivity index is 1.86. The average molecular weight is 246 g/mol. The van der Waals surface area contributed by atoms with Gasteiger partial charge in [0, 0.05) is 37.2 Å². The molecular weight excluding hydrogens is 236 g/mol. The second-order valence-corrected chi connectivity index (χ2v) is 4.66. The molecule has 0 N–H and O–H groups in total. The van der Waals surface area contributed by atoms with Gasteiger partial charge in [0.15, 0.2) is 10.8 Å². The summed E-state index contributed by atoms with van der Waals surface area (Å²) in [4.78, 5) is 21.3. The van der Waals surface area contributed by atoms with Crippen LogP contribution in [0.1, 0.15) is 16.3 Å². The molecule has 0 aliphatic rings. The summed E-state index contributed by atoms with van der Waals surface area (Å²) in [6, 6.07) is 0. The Labute approximate surface area is 101 Å². The van der Waals surface area contributed by atoms with E-state index in [4.69, 9.17) is 0 Å². The molecule has 0 aliphatic heterocycles. The van der Waals surface area contributed by atoms with Gasteiger partial charge in [0.25, 0.3) is 0 Å². The van der Waals surface area contributed by atoms with Crippen LogP contribution in [0.5, 0.6) is 0 Å². The Bertz CT molecular complexity index is 650. The molecule has 0 spiro atoms. The lowest BCUT2D eigenvalue weighted by Gasteiger charge is -1.98. The van der Waals surface area contributed by atoms with Crippen molar-refractivity contribution in [3.63, 3.8) is 0 Å². The van der Waals surface area contributed by atoms with Crippen molar-refractivity contribution in [2.24, 2.45) is 7.05 Å². The lowest BCUT2D eigenvalue weighted by molar-refractivity contribution is 0.0979. The van der Waals surface area contributed by atoms with Crippen LogP contribution in [-0.4, -0.2) is 24.7 Å². The third-order valence-corrected chi connectivity index (χ3v) is 3.33. The highest BCUT2D eigenvalue weighted by molar-refractivity contribution is 7.15. The van der Waals surface area contributed by atoms with Crippen molar-refractivity contribution < 1.29 is 4.79 Å². The van der Waals surface area contributed by atoms with Crippen LogP contribution in [0, 0.1) is 0 Å². The van der Waals surface area contributed by atoms with E-state index in [9.17, 15) is 4.79 Å². The summed E-state index contributed by atoms with van der Waals surface area (Å²) in [5, 5.41) is 1.96. The molecule has 0 aliphatic carbocycles. The Morgan fingerprint density at radius 1 is 1.47 bits per heavy atom. The molecule has 0 saturated heterocycles. The fourth-order valence-electron chi connectivity index (χ4n) is 1.74. The third kappa shape index (κ3) is 1.76. The monoisotopic (exact) mass is 246 g/mol. The van der Waals surface area contributed by atoms with Gasteiger partial charge in [-0.15, -0.1) is 11.3 Å². The minimum absolute atomic E-state index is 0.0109. The number of imidazole rings is 2. The van der Waals surface area contributed by atoms with Crippen molar-refractivity contribution in [3.05, 3.63) is 41.7 Å². The normalized spacial score (nSPS) is 11.1. The second kappa shape index (κ2) is 3.81. The number of hydrogen-bond donors (Lipinski definition) is 0. The SMILES string of the molecule is Cn1ccnc1C(=O)Cc1cn2ccsc2n1. The van der Waals surface area contributed by atoms with E-state index in [1.165, 1.54) is 0 Å². The van der Waals surface area contributed by atoms with E-state index in [1.807, 2.05) is 29.2 Å². The van der Waals surface area contributed by atoms with Crippen LogP contribution < -0.4 is 0 Å². The van der Waals surface area contributed by atoms with E-state index in [0.717, 1.165) is 10.7 Å². The smallest absolute Gasteiger partial charge is 0.204 e. The minimum atomic E-state index is -0.0109. The van der Waals surface area contributed by atoms with Gasteiger partial charge >= 0.3 is 0 Å². The van der Waals surface area contributed by atoms with E-state index >= 15 is 0 Å². The van der Waals surface area contributed by atoms with Crippen LogP contribution in [0.4, 0.5) is 0 Å². The van der Waals surface area contributed by atoms with Crippen molar-refractivity contribution in [2.75, 3.05) is 0 Å². The van der Waals surface area contributed by atoms with Crippen molar-refractivity contribution in [2.45, 2.75) is 6.42 Å². The second-order valence-electron chi connectivity index (χ2n) is 3.79. The molecule has 0 bridgehead atoms. The summed E-state index contributed by atoms with van der Waals surface area (Å²) in [7, 11) is 1.81. The molecule has 5 nitrogen and oxygen atoms in total. The van der Waals surface area contributed by atoms with Gasteiger partial charge in [0.2, 0.25) is 5.78 Å². The molecule has 3 aromatic rings. The first-order chi connectivity index (χ1) is 8.24. The summed E-state index contributed by atoms with van der Waals surface area (Å²) in [6.45, 7) is 0. The molecule has 3 heterocycles. The average Bonchev–Trinajstić information content (AvgIpc) is 2.92. The fraction of sp³-hybridized carbons (Fsp3) is 0.182. The summed E-state index contributed by atoms with van der Waals surface area (Å²) < 4.78 is 3.65. The topological polar surface area (TPSA) is 52.2 Å². The standard InChI is InChI=1S/C11H10N4OS/c1-14-3-2-12-10(14)9(16)6-8-7-15-4-5-17-11(15)13-8/h2-5,7H,6H2,1H3. The van der Waals surface area contributed by atoms with Gasteiger partial charge in [-0.3, -0.25) is 9.20 Å². The van der Waals surface area contributed by atoms with E-state index in [1.54, 1.807) is 28.3 Å². The first-order valence-electron chi connectivity index (χ1n) is 5.15. The maximum atomic E-state index is 12.0.